The maximum absolute atomic E-state index is 12.3. The normalized spacial score (nSPS) is 10.6. The summed E-state index contributed by atoms with van der Waals surface area (Å²) >= 11 is 6.05. The number of ketones is 1. The van der Waals surface area contributed by atoms with Gasteiger partial charge in [-0.05, 0) is 42.0 Å². The van der Waals surface area contributed by atoms with Crippen molar-refractivity contribution in [2.45, 2.75) is 0 Å². The van der Waals surface area contributed by atoms with Crippen molar-refractivity contribution in [3.63, 3.8) is 0 Å². The molecule has 0 spiro atoms. The van der Waals surface area contributed by atoms with E-state index < -0.39 is 0 Å². The Morgan fingerprint density at radius 2 is 1.86 bits per heavy atom. The summed E-state index contributed by atoms with van der Waals surface area (Å²) < 4.78 is 10.3. The second-order valence-electron chi connectivity index (χ2n) is 4.29. The van der Waals surface area contributed by atoms with Crippen LogP contribution in [0.25, 0.3) is 6.08 Å². The van der Waals surface area contributed by atoms with Crippen molar-refractivity contribution >= 4 is 23.5 Å². The Morgan fingerprint density at radius 1 is 1.10 bits per heavy atom. The Morgan fingerprint density at radius 3 is 2.52 bits per heavy atom. The van der Waals surface area contributed by atoms with E-state index in [9.17, 15) is 4.79 Å². The number of methoxy groups -OCH3 is 2. The van der Waals surface area contributed by atoms with Gasteiger partial charge in [0.25, 0.3) is 0 Å². The van der Waals surface area contributed by atoms with Gasteiger partial charge >= 0.3 is 0 Å². The summed E-state index contributed by atoms with van der Waals surface area (Å²) in [5, 5.41) is 0.596. The predicted molar refractivity (Wildman–Crippen MR) is 84.4 cm³/mol. The molecule has 2 rings (SSSR count). The van der Waals surface area contributed by atoms with Crippen molar-refractivity contribution in [3.8, 4) is 11.5 Å². The van der Waals surface area contributed by atoms with Crippen molar-refractivity contribution in [1.82, 2.24) is 0 Å². The number of hydrogen-bond donors (Lipinski definition) is 0. The minimum atomic E-state index is -0.175. The molecule has 4 heteroatoms. The molecule has 0 bridgehead atoms. The molecule has 2 aromatic rings. The average Bonchev–Trinajstić information content (AvgIpc) is 2.53. The highest BCUT2D eigenvalue weighted by Gasteiger charge is 2.11. The highest BCUT2D eigenvalue weighted by Crippen LogP contribution is 2.25. The summed E-state index contributed by atoms with van der Waals surface area (Å²) in [5.74, 6) is 0.931. The number of halogens is 1. The fourth-order valence-corrected chi connectivity index (χ4v) is 2.07. The smallest absolute Gasteiger partial charge is 0.189 e. The fourth-order valence-electron chi connectivity index (χ4n) is 1.87. The maximum atomic E-state index is 12.3. The summed E-state index contributed by atoms with van der Waals surface area (Å²) in [6.07, 6.45) is 3.15. The molecule has 0 aliphatic carbocycles. The molecule has 0 saturated carbocycles. The van der Waals surface area contributed by atoms with E-state index in [1.165, 1.54) is 13.2 Å². The van der Waals surface area contributed by atoms with E-state index in [4.69, 9.17) is 21.1 Å². The van der Waals surface area contributed by atoms with Crippen molar-refractivity contribution < 1.29 is 14.3 Å². The second kappa shape index (κ2) is 6.95. The Hall–Kier alpha value is -2.26. The molecule has 0 amide bonds. The number of rotatable bonds is 5. The van der Waals surface area contributed by atoms with E-state index in [0.717, 1.165) is 5.56 Å². The van der Waals surface area contributed by atoms with Crippen LogP contribution in [0.15, 0.2) is 48.5 Å². The Labute approximate surface area is 128 Å². The fraction of sp³-hybridized carbons (Fsp3) is 0.118. The molecule has 21 heavy (non-hydrogen) atoms. The quantitative estimate of drug-likeness (QED) is 0.612. The largest absolute Gasteiger partial charge is 0.497 e. The zero-order valence-electron chi connectivity index (χ0n) is 11.8. The van der Waals surface area contributed by atoms with Crippen LogP contribution in [0.2, 0.25) is 5.02 Å². The Kier molecular flexibility index (Phi) is 5.01. The molecule has 0 heterocycles. The maximum Gasteiger partial charge on any atom is 0.189 e. The SMILES string of the molecule is COc1ccc(OC)c(C(=O)/C=C/c2ccccc2Cl)c1. The van der Waals surface area contributed by atoms with E-state index in [1.54, 1.807) is 37.5 Å². The van der Waals surface area contributed by atoms with E-state index in [1.807, 2.05) is 18.2 Å². The topological polar surface area (TPSA) is 35.5 Å². The van der Waals surface area contributed by atoms with Gasteiger partial charge in [-0.2, -0.15) is 0 Å². The van der Waals surface area contributed by atoms with E-state index in [-0.39, 0.29) is 5.78 Å². The molecule has 0 radical (unpaired) electrons. The minimum absolute atomic E-state index is 0.175. The number of allylic oxidation sites excluding steroid dienone is 1. The highest BCUT2D eigenvalue weighted by molar-refractivity contribution is 6.32. The zero-order valence-corrected chi connectivity index (χ0v) is 12.6. The van der Waals surface area contributed by atoms with Gasteiger partial charge in [-0.25, -0.2) is 0 Å². The molecule has 0 aromatic heterocycles. The Balaban J connectivity index is 2.30. The van der Waals surface area contributed by atoms with Crippen LogP contribution in [0.3, 0.4) is 0 Å². The summed E-state index contributed by atoms with van der Waals surface area (Å²) in [6, 6.07) is 12.4. The van der Waals surface area contributed by atoms with E-state index >= 15 is 0 Å². The number of hydrogen-bond acceptors (Lipinski definition) is 3. The molecule has 0 atom stereocenters. The Bertz CT molecular complexity index is 677. The van der Waals surface area contributed by atoms with Gasteiger partial charge in [0.1, 0.15) is 11.5 Å². The van der Waals surface area contributed by atoms with Crippen LogP contribution in [0.1, 0.15) is 15.9 Å². The first kappa shape index (κ1) is 15.1. The number of ether oxygens (including phenoxy) is 2. The third kappa shape index (κ3) is 3.64. The average molecular weight is 303 g/mol. The van der Waals surface area contributed by atoms with Crippen LogP contribution in [0.4, 0.5) is 0 Å². The molecule has 0 aliphatic rings. The van der Waals surface area contributed by atoms with Gasteiger partial charge in [-0.15, -0.1) is 0 Å². The first-order valence-electron chi connectivity index (χ1n) is 6.34. The molecule has 0 unspecified atom stereocenters. The van der Waals surface area contributed by atoms with Crippen molar-refractivity contribution in [1.29, 1.82) is 0 Å². The van der Waals surface area contributed by atoms with Crippen LogP contribution >= 0.6 is 11.6 Å². The van der Waals surface area contributed by atoms with Crippen LogP contribution < -0.4 is 9.47 Å². The number of benzene rings is 2. The molecular formula is C17H15ClO3. The lowest BCUT2D eigenvalue weighted by Crippen LogP contribution is -1.99. The summed E-state index contributed by atoms with van der Waals surface area (Å²) in [6.45, 7) is 0. The molecule has 0 fully saturated rings. The van der Waals surface area contributed by atoms with Crippen LogP contribution in [0, 0.1) is 0 Å². The molecule has 0 N–H and O–H groups in total. The van der Waals surface area contributed by atoms with Crippen molar-refractivity contribution in [3.05, 3.63) is 64.7 Å². The standard InChI is InChI=1S/C17H15ClO3/c1-20-13-8-10-17(21-2)14(11-13)16(19)9-7-12-5-3-4-6-15(12)18/h3-11H,1-2H3/b9-7+. The molecule has 3 nitrogen and oxygen atoms in total. The van der Waals surface area contributed by atoms with Gasteiger partial charge in [0.2, 0.25) is 0 Å². The third-order valence-corrected chi connectivity index (χ3v) is 3.34. The number of carbonyl (C=O) groups is 1. The number of carbonyl (C=O) groups excluding carboxylic acids is 1. The predicted octanol–water partition coefficient (Wildman–Crippen LogP) is 4.25. The van der Waals surface area contributed by atoms with Gasteiger partial charge in [0.05, 0.1) is 19.8 Å². The van der Waals surface area contributed by atoms with Gasteiger partial charge in [0.15, 0.2) is 5.78 Å². The lowest BCUT2D eigenvalue weighted by atomic mass is 10.1. The lowest BCUT2D eigenvalue weighted by Gasteiger charge is -2.07. The van der Waals surface area contributed by atoms with Crippen LogP contribution in [-0.4, -0.2) is 20.0 Å². The van der Waals surface area contributed by atoms with Gasteiger partial charge in [-0.3, -0.25) is 4.79 Å². The molecule has 108 valence electrons. The van der Waals surface area contributed by atoms with Gasteiger partial charge < -0.3 is 9.47 Å². The van der Waals surface area contributed by atoms with Gasteiger partial charge in [-0.1, -0.05) is 29.8 Å². The summed E-state index contributed by atoms with van der Waals surface area (Å²) in [5.41, 5.74) is 1.23. The van der Waals surface area contributed by atoms with Crippen LogP contribution in [-0.2, 0) is 0 Å². The zero-order chi connectivity index (χ0) is 15.2. The van der Waals surface area contributed by atoms with E-state index in [2.05, 4.69) is 0 Å². The lowest BCUT2D eigenvalue weighted by molar-refractivity contribution is 0.104. The van der Waals surface area contributed by atoms with E-state index in [0.29, 0.717) is 22.1 Å². The monoisotopic (exact) mass is 302 g/mol. The van der Waals surface area contributed by atoms with Crippen molar-refractivity contribution in [2.24, 2.45) is 0 Å². The summed E-state index contributed by atoms with van der Waals surface area (Å²) in [4.78, 5) is 12.3. The minimum Gasteiger partial charge on any atom is -0.497 e. The highest BCUT2D eigenvalue weighted by atomic mass is 35.5. The first-order chi connectivity index (χ1) is 10.2. The molecule has 0 aliphatic heterocycles. The van der Waals surface area contributed by atoms with Crippen LogP contribution in [0.5, 0.6) is 11.5 Å². The van der Waals surface area contributed by atoms with Gasteiger partial charge in [0, 0.05) is 5.02 Å². The molecule has 0 saturated heterocycles. The molecule has 2 aromatic carbocycles. The molecular weight excluding hydrogens is 288 g/mol. The third-order valence-electron chi connectivity index (χ3n) is 2.99. The first-order valence-corrected chi connectivity index (χ1v) is 6.72. The second-order valence-corrected chi connectivity index (χ2v) is 4.69. The van der Waals surface area contributed by atoms with Crippen molar-refractivity contribution in [2.75, 3.05) is 14.2 Å². The summed E-state index contributed by atoms with van der Waals surface area (Å²) in [7, 11) is 3.08.